The van der Waals surface area contributed by atoms with Crippen LogP contribution in [-0.2, 0) is 12.8 Å². The lowest BCUT2D eigenvalue weighted by molar-refractivity contribution is 1.05. The van der Waals surface area contributed by atoms with E-state index < -0.39 is 13.4 Å². The van der Waals surface area contributed by atoms with Gasteiger partial charge in [-0.15, -0.1) is 44.3 Å². The molecule has 30 heavy (non-hydrogen) atoms. The molecule has 0 unspecified atom stereocenters. The minimum absolute atomic E-state index is 1.08. The molecule has 0 heterocycles. The minimum atomic E-state index is -2.40. The van der Waals surface area contributed by atoms with Gasteiger partial charge in [0.15, 0.2) is 0 Å². The molecule has 2 aromatic rings. The van der Waals surface area contributed by atoms with Crippen molar-refractivity contribution in [3.05, 3.63) is 56.6 Å². The molecule has 0 bridgehead atoms. The molecular weight excluding hydrogens is 486 g/mol. The third kappa shape index (κ3) is 3.66. The van der Waals surface area contributed by atoms with Crippen LogP contribution in [0.3, 0.4) is 0 Å². The maximum atomic E-state index is 6.63. The summed E-state index contributed by atoms with van der Waals surface area (Å²) in [6, 6.07) is 4.50. The summed E-state index contributed by atoms with van der Waals surface area (Å²) in [7, 11) is 0. The molecule has 0 saturated carbocycles. The second kappa shape index (κ2) is 7.68. The number of benzene rings is 2. The zero-order valence-electron chi connectivity index (χ0n) is 18.5. The van der Waals surface area contributed by atoms with Gasteiger partial charge < -0.3 is 0 Å². The van der Waals surface area contributed by atoms with E-state index in [4.69, 9.17) is 44.3 Å². The number of allylic oxidation sites excluding steroid dienone is 2. The van der Waals surface area contributed by atoms with Gasteiger partial charge in [0.05, 0.1) is 0 Å². The first kappa shape index (κ1) is 22.9. The fraction of sp³-hybridized carbons (Fsp3) is 0.417. The van der Waals surface area contributed by atoms with Crippen molar-refractivity contribution in [3.8, 4) is 0 Å². The molecule has 0 N–H and O–H groups in total. The quantitative estimate of drug-likeness (QED) is 0.293. The molecular formula is C24H28Cl4Si2. The van der Waals surface area contributed by atoms with E-state index in [0.717, 1.165) is 25.7 Å². The lowest BCUT2D eigenvalue weighted by atomic mass is 9.90. The SMILES string of the molecule is Cc1cc([Si](C)(Cl)Cl)c(C)c2c1C(=C1CCc3c(C)c([Si](C)(Cl)Cl)cc(C)c31)CC2. The molecule has 2 aliphatic rings. The van der Waals surface area contributed by atoms with Gasteiger partial charge in [-0.1, -0.05) is 12.1 Å². The van der Waals surface area contributed by atoms with Crippen molar-refractivity contribution in [2.75, 3.05) is 0 Å². The van der Waals surface area contributed by atoms with Crippen molar-refractivity contribution in [2.45, 2.75) is 66.5 Å². The van der Waals surface area contributed by atoms with Crippen LogP contribution in [0, 0.1) is 27.7 Å². The van der Waals surface area contributed by atoms with E-state index in [1.807, 2.05) is 13.1 Å². The molecule has 0 aromatic heterocycles. The van der Waals surface area contributed by atoms with Crippen LogP contribution in [0.1, 0.15) is 57.3 Å². The van der Waals surface area contributed by atoms with Crippen LogP contribution in [0.4, 0.5) is 0 Å². The Morgan fingerprint density at radius 2 is 0.933 bits per heavy atom. The van der Waals surface area contributed by atoms with Crippen molar-refractivity contribution in [2.24, 2.45) is 0 Å². The Morgan fingerprint density at radius 3 is 1.23 bits per heavy atom. The Kier molecular flexibility index (Phi) is 5.87. The minimum Gasteiger partial charge on any atom is -0.140 e. The average Bonchev–Trinajstić information content (AvgIpc) is 3.23. The standard InChI is InChI=1S/C24H28Cl4Si2/c1-13-11-21(29(5,25)26)15(3)17-7-9-19(23(13)17)20-10-8-18-16(4)22(30(6,27)28)12-14(2)24(18)20/h11-12H,7-10H2,1-6H3. The predicted octanol–water partition coefficient (Wildman–Crippen LogP) is 7.24. The molecule has 0 atom stereocenters. The normalized spacial score (nSPS) is 18.7. The Morgan fingerprint density at radius 1 is 0.600 bits per heavy atom. The van der Waals surface area contributed by atoms with E-state index >= 15 is 0 Å². The van der Waals surface area contributed by atoms with Gasteiger partial charge in [0.25, 0.3) is 13.4 Å². The lowest BCUT2D eigenvalue weighted by Gasteiger charge is -2.21. The number of halogens is 4. The topological polar surface area (TPSA) is 0 Å². The van der Waals surface area contributed by atoms with Crippen LogP contribution >= 0.6 is 44.3 Å². The number of fused-ring (bicyclic) bond motifs is 2. The number of rotatable bonds is 2. The van der Waals surface area contributed by atoms with Gasteiger partial charge in [-0.05, 0) is 132 Å². The van der Waals surface area contributed by atoms with Gasteiger partial charge in [-0.3, -0.25) is 0 Å². The molecule has 2 aliphatic carbocycles. The van der Waals surface area contributed by atoms with E-state index in [2.05, 4.69) is 39.8 Å². The van der Waals surface area contributed by atoms with Gasteiger partial charge in [0, 0.05) is 0 Å². The Labute approximate surface area is 201 Å². The molecule has 6 heteroatoms. The molecule has 0 amide bonds. The summed E-state index contributed by atoms with van der Waals surface area (Å²) in [5.41, 5.74) is 14.1. The second-order valence-corrected chi connectivity index (χ2v) is 24.0. The molecule has 0 radical (unpaired) electrons. The molecule has 0 aliphatic heterocycles. The molecule has 0 spiro atoms. The van der Waals surface area contributed by atoms with Gasteiger partial charge in [-0.2, -0.15) is 0 Å². The molecule has 2 aromatic carbocycles. The van der Waals surface area contributed by atoms with Crippen LogP contribution in [0.15, 0.2) is 12.1 Å². The Balaban J connectivity index is 1.94. The highest BCUT2D eigenvalue weighted by Crippen LogP contribution is 2.47. The third-order valence-corrected chi connectivity index (χ3v) is 12.4. The van der Waals surface area contributed by atoms with Gasteiger partial charge in [0.1, 0.15) is 0 Å². The lowest BCUT2D eigenvalue weighted by Crippen LogP contribution is -2.36. The summed E-state index contributed by atoms with van der Waals surface area (Å²) in [5.74, 6) is 0. The van der Waals surface area contributed by atoms with Crippen LogP contribution in [0.5, 0.6) is 0 Å². The summed E-state index contributed by atoms with van der Waals surface area (Å²) in [6.07, 6.45) is 4.34. The highest BCUT2D eigenvalue weighted by atomic mass is 35.7. The second-order valence-electron chi connectivity index (χ2n) is 9.17. The van der Waals surface area contributed by atoms with Gasteiger partial charge >= 0.3 is 0 Å². The summed E-state index contributed by atoms with van der Waals surface area (Å²) in [5, 5.41) is 2.34. The number of aryl methyl sites for hydroxylation is 2. The first-order chi connectivity index (χ1) is 13.8. The monoisotopic (exact) mass is 512 g/mol. The molecule has 160 valence electrons. The first-order valence-electron chi connectivity index (χ1n) is 10.6. The third-order valence-electron chi connectivity index (χ3n) is 6.99. The zero-order valence-corrected chi connectivity index (χ0v) is 23.5. The Hall–Kier alpha value is -0.226. The smallest absolute Gasteiger partial charge is 0.140 e. The van der Waals surface area contributed by atoms with Crippen LogP contribution in [0.2, 0.25) is 13.1 Å². The van der Waals surface area contributed by atoms with Gasteiger partial charge in [0.2, 0.25) is 0 Å². The maximum absolute atomic E-state index is 6.63. The summed E-state index contributed by atoms with van der Waals surface area (Å²) < 4.78 is 0. The van der Waals surface area contributed by atoms with Crippen LogP contribution in [-0.4, -0.2) is 13.4 Å². The number of hydrogen-bond acceptors (Lipinski definition) is 0. The van der Waals surface area contributed by atoms with E-state index in [1.54, 1.807) is 0 Å². The van der Waals surface area contributed by atoms with Crippen LogP contribution < -0.4 is 10.4 Å². The highest BCUT2D eigenvalue weighted by molar-refractivity contribution is 7.51. The maximum Gasteiger partial charge on any atom is 0.278 e. The average molecular weight is 514 g/mol. The molecule has 0 fully saturated rings. The molecule has 0 saturated heterocycles. The van der Waals surface area contributed by atoms with E-state index in [0.29, 0.717) is 0 Å². The number of hydrogen-bond donors (Lipinski definition) is 0. The Bertz CT molecular complexity index is 1010. The largest absolute Gasteiger partial charge is 0.278 e. The highest BCUT2D eigenvalue weighted by Gasteiger charge is 2.35. The van der Waals surface area contributed by atoms with Crippen molar-refractivity contribution in [1.29, 1.82) is 0 Å². The van der Waals surface area contributed by atoms with Crippen molar-refractivity contribution >= 4 is 79.2 Å². The van der Waals surface area contributed by atoms with E-state index in [1.165, 1.54) is 66.0 Å². The van der Waals surface area contributed by atoms with Gasteiger partial charge in [-0.25, -0.2) is 0 Å². The van der Waals surface area contributed by atoms with E-state index in [-0.39, 0.29) is 0 Å². The van der Waals surface area contributed by atoms with Crippen molar-refractivity contribution in [3.63, 3.8) is 0 Å². The first-order valence-corrected chi connectivity index (χ1v) is 19.6. The predicted molar refractivity (Wildman–Crippen MR) is 141 cm³/mol. The fourth-order valence-corrected chi connectivity index (χ4v) is 10.6. The van der Waals surface area contributed by atoms with Crippen molar-refractivity contribution < 1.29 is 0 Å². The summed E-state index contributed by atoms with van der Waals surface area (Å²) in [6.45, 7) is 8.05. The summed E-state index contributed by atoms with van der Waals surface area (Å²) in [4.78, 5) is 0. The fourth-order valence-electron chi connectivity index (χ4n) is 5.70. The zero-order chi connectivity index (χ0) is 22.2. The molecule has 4 rings (SSSR count). The molecule has 0 nitrogen and oxygen atoms in total. The van der Waals surface area contributed by atoms with Crippen LogP contribution in [0.25, 0.3) is 11.1 Å². The summed E-state index contributed by atoms with van der Waals surface area (Å²) >= 11 is 26.5. The van der Waals surface area contributed by atoms with Crippen molar-refractivity contribution in [1.82, 2.24) is 0 Å². The van der Waals surface area contributed by atoms with E-state index in [9.17, 15) is 0 Å².